The summed E-state index contributed by atoms with van der Waals surface area (Å²) in [4.78, 5) is 12.0. The van der Waals surface area contributed by atoms with Crippen molar-refractivity contribution in [1.29, 1.82) is 0 Å². The van der Waals surface area contributed by atoms with Gasteiger partial charge in [-0.15, -0.1) is 0 Å². The molecular weight excluding hydrogens is 168 g/mol. The van der Waals surface area contributed by atoms with Crippen molar-refractivity contribution < 1.29 is 9.90 Å². The van der Waals surface area contributed by atoms with Crippen LogP contribution in [0.3, 0.4) is 0 Å². The van der Waals surface area contributed by atoms with Gasteiger partial charge in [0.25, 0.3) is 0 Å². The third-order valence-electron chi connectivity index (χ3n) is 1.65. The van der Waals surface area contributed by atoms with Gasteiger partial charge in [0.05, 0.1) is 0 Å². The van der Waals surface area contributed by atoms with Crippen LogP contribution < -0.4 is 10.6 Å². The number of nitrogens with zero attached hydrogens (tertiary/aromatic N) is 1. The summed E-state index contributed by atoms with van der Waals surface area (Å²) >= 11 is 0. The minimum atomic E-state index is -0.917. The molecule has 70 valence electrons. The maximum absolute atomic E-state index is 10.9. The van der Waals surface area contributed by atoms with Crippen LogP contribution in [0.15, 0.2) is 30.3 Å². The predicted octanol–water partition coefficient (Wildman–Crippen LogP) is 0.910. The Hall–Kier alpha value is -1.55. The Balaban J connectivity index is 2.96. The Bertz CT molecular complexity index is 285. The number of hydrogen-bond donors (Lipinski definition) is 2. The van der Waals surface area contributed by atoms with Crippen molar-refractivity contribution in [3.8, 4) is 0 Å². The van der Waals surface area contributed by atoms with E-state index in [1.165, 1.54) is 6.92 Å². The number of amides is 2. The zero-order chi connectivity index (χ0) is 9.84. The smallest absolute Gasteiger partial charge is 0.321 e. The van der Waals surface area contributed by atoms with Gasteiger partial charge in [0.2, 0.25) is 0 Å². The zero-order valence-corrected chi connectivity index (χ0v) is 7.34. The predicted molar refractivity (Wildman–Crippen MR) is 50.2 cm³/mol. The van der Waals surface area contributed by atoms with Gasteiger partial charge in [0, 0.05) is 5.69 Å². The Morgan fingerprint density at radius 2 is 2.00 bits per heavy atom. The SMILES string of the molecule is CC(O)N(C(N)=O)c1ccccc1. The first-order chi connectivity index (χ1) is 6.13. The second-order valence-corrected chi connectivity index (χ2v) is 2.68. The van der Waals surface area contributed by atoms with Crippen LogP contribution in [0.5, 0.6) is 0 Å². The van der Waals surface area contributed by atoms with Crippen LogP contribution in [0.1, 0.15) is 6.92 Å². The van der Waals surface area contributed by atoms with E-state index in [2.05, 4.69) is 0 Å². The molecule has 1 aromatic rings. The van der Waals surface area contributed by atoms with Gasteiger partial charge in [-0.2, -0.15) is 0 Å². The first-order valence-electron chi connectivity index (χ1n) is 3.94. The number of primary amides is 1. The molecule has 0 saturated carbocycles. The van der Waals surface area contributed by atoms with Crippen LogP contribution in [0.2, 0.25) is 0 Å². The van der Waals surface area contributed by atoms with Crippen molar-refractivity contribution in [1.82, 2.24) is 0 Å². The fraction of sp³-hybridized carbons (Fsp3) is 0.222. The highest BCUT2D eigenvalue weighted by Crippen LogP contribution is 2.14. The number of carbonyl (C=O) groups is 1. The summed E-state index contributed by atoms with van der Waals surface area (Å²) in [5, 5.41) is 9.26. The third-order valence-corrected chi connectivity index (χ3v) is 1.65. The van der Waals surface area contributed by atoms with Crippen LogP contribution >= 0.6 is 0 Å². The van der Waals surface area contributed by atoms with Gasteiger partial charge >= 0.3 is 6.03 Å². The van der Waals surface area contributed by atoms with Crippen molar-refractivity contribution >= 4 is 11.7 Å². The third kappa shape index (κ3) is 2.19. The maximum Gasteiger partial charge on any atom is 0.321 e. The second kappa shape index (κ2) is 3.91. The molecule has 4 heteroatoms. The molecule has 13 heavy (non-hydrogen) atoms. The van der Waals surface area contributed by atoms with E-state index in [-0.39, 0.29) is 0 Å². The molecule has 2 amide bonds. The maximum atomic E-state index is 10.9. The van der Waals surface area contributed by atoms with Gasteiger partial charge in [-0.05, 0) is 19.1 Å². The van der Waals surface area contributed by atoms with E-state index in [9.17, 15) is 9.90 Å². The number of carbonyl (C=O) groups excluding carboxylic acids is 1. The highest BCUT2D eigenvalue weighted by molar-refractivity contribution is 5.90. The Morgan fingerprint density at radius 3 is 2.38 bits per heavy atom. The van der Waals surface area contributed by atoms with Crippen molar-refractivity contribution in [2.24, 2.45) is 5.73 Å². The molecule has 1 unspecified atom stereocenters. The standard InChI is InChI=1S/C9H12N2O2/c1-7(12)11(9(10)13)8-5-3-2-4-6-8/h2-7,12H,1H3,(H2,10,13). The summed E-state index contributed by atoms with van der Waals surface area (Å²) in [7, 11) is 0. The Morgan fingerprint density at radius 1 is 1.46 bits per heavy atom. The van der Waals surface area contributed by atoms with E-state index in [4.69, 9.17) is 5.73 Å². The molecule has 0 heterocycles. The first-order valence-corrected chi connectivity index (χ1v) is 3.94. The van der Waals surface area contributed by atoms with Crippen molar-refractivity contribution in [3.63, 3.8) is 0 Å². The van der Waals surface area contributed by atoms with Gasteiger partial charge in [0.15, 0.2) is 0 Å². The molecule has 0 spiro atoms. The fourth-order valence-electron chi connectivity index (χ4n) is 1.12. The molecule has 0 aliphatic carbocycles. The molecule has 0 aliphatic heterocycles. The van der Waals surface area contributed by atoms with E-state index in [0.717, 1.165) is 4.90 Å². The Labute approximate surface area is 76.6 Å². The topological polar surface area (TPSA) is 66.6 Å². The summed E-state index contributed by atoms with van der Waals surface area (Å²) in [5.74, 6) is 0. The van der Waals surface area contributed by atoms with Gasteiger partial charge in [-0.1, -0.05) is 18.2 Å². The number of para-hydroxylation sites is 1. The molecule has 0 radical (unpaired) electrons. The number of benzene rings is 1. The average Bonchev–Trinajstić information content (AvgIpc) is 2.04. The van der Waals surface area contributed by atoms with Crippen molar-refractivity contribution in [2.75, 3.05) is 4.90 Å². The fourth-order valence-corrected chi connectivity index (χ4v) is 1.12. The molecule has 1 rings (SSSR count). The van der Waals surface area contributed by atoms with Gasteiger partial charge < -0.3 is 10.8 Å². The zero-order valence-electron chi connectivity index (χ0n) is 7.34. The molecule has 0 aromatic heterocycles. The minimum absolute atomic E-state index is 0.588. The van der Waals surface area contributed by atoms with Crippen LogP contribution in [0, 0.1) is 0 Å². The molecule has 4 nitrogen and oxygen atoms in total. The second-order valence-electron chi connectivity index (χ2n) is 2.68. The first kappa shape index (κ1) is 9.54. The van der Waals surface area contributed by atoms with E-state index in [1.54, 1.807) is 24.3 Å². The van der Waals surface area contributed by atoms with E-state index in [1.807, 2.05) is 6.07 Å². The molecular formula is C9H12N2O2. The number of rotatable bonds is 2. The number of aliphatic hydroxyl groups is 1. The monoisotopic (exact) mass is 180 g/mol. The number of urea groups is 1. The number of anilines is 1. The lowest BCUT2D eigenvalue weighted by Crippen LogP contribution is -2.42. The van der Waals surface area contributed by atoms with Crippen LogP contribution in [-0.2, 0) is 0 Å². The molecule has 0 aliphatic rings. The average molecular weight is 180 g/mol. The van der Waals surface area contributed by atoms with Crippen molar-refractivity contribution in [3.05, 3.63) is 30.3 Å². The van der Waals surface area contributed by atoms with Crippen molar-refractivity contribution in [2.45, 2.75) is 13.2 Å². The highest BCUT2D eigenvalue weighted by Gasteiger charge is 2.16. The molecule has 1 atom stereocenters. The molecule has 0 fully saturated rings. The molecule has 0 saturated heterocycles. The summed E-state index contributed by atoms with van der Waals surface area (Å²) in [6, 6.07) is 8.11. The van der Waals surface area contributed by atoms with Crippen LogP contribution in [0.4, 0.5) is 10.5 Å². The highest BCUT2D eigenvalue weighted by atomic mass is 16.3. The van der Waals surface area contributed by atoms with Gasteiger partial charge in [0.1, 0.15) is 6.23 Å². The number of hydrogen-bond acceptors (Lipinski definition) is 2. The molecule has 3 N–H and O–H groups in total. The van der Waals surface area contributed by atoms with Gasteiger partial charge in [-0.3, -0.25) is 4.90 Å². The summed E-state index contributed by atoms with van der Waals surface area (Å²) in [5.41, 5.74) is 5.68. The normalized spacial score (nSPS) is 12.2. The van der Waals surface area contributed by atoms with E-state index >= 15 is 0 Å². The molecule has 0 bridgehead atoms. The van der Waals surface area contributed by atoms with Crippen LogP contribution in [0.25, 0.3) is 0 Å². The number of aliphatic hydroxyl groups excluding tert-OH is 1. The van der Waals surface area contributed by atoms with E-state index in [0.29, 0.717) is 5.69 Å². The molecule has 1 aromatic carbocycles. The summed E-state index contributed by atoms with van der Waals surface area (Å²) < 4.78 is 0. The summed E-state index contributed by atoms with van der Waals surface area (Å²) in [6.07, 6.45) is -0.917. The quantitative estimate of drug-likeness (QED) is 0.664. The van der Waals surface area contributed by atoms with Gasteiger partial charge in [-0.25, -0.2) is 4.79 Å². The minimum Gasteiger partial charge on any atom is -0.373 e. The summed E-state index contributed by atoms with van der Waals surface area (Å²) in [6.45, 7) is 1.48. The largest absolute Gasteiger partial charge is 0.373 e. The lowest BCUT2D eigenvalue weighted by atomic mass is 10.3. The number of nitrogens with two attached hydrogens (primary N) is 1. The van der Waals surface area contributed by atoms with Crippen LogP contribution in [-0.4, -0.2) is 17.4 Å². The lowest BCUT2D eigenvalue weighted by molar-refractivity contribution is 0.186. The van der Waals surface area contributed by atoms with E-state index < -0.39 is 12.3 Å². The Kier molecular flexibility index (Phi) is 2.87. The lowest BCUT2D eigenvalue weighted by Gasteiger charge is -2.23.